The molecule has 0 saturated carbocycles. The number of hydrogen-bond donors (Lipinski definition) is 0. The summed E-state index contributed by atoms with van der Waals surface area (Å²) in [6.07, 6.45) is 2.90. The normalized spacial score (nSPS) is 12.3. The van der Waals surface area contributed by atoms with Gasteiger partial charge in [-0.2, -0.15) is 0 Å². The minimum absolute atomic E-state index is 0.313. The molecule has 1 heterocycles. The van der Waals surface area contributed by atoms with E-state index in [4.69, 9.17) is 11.6 Å². The van der Waals surface area contributed by atoms with E-state index in [9.17, 15) is 4.21 Å². The van der Waals surface area contributed by atoms with Crippen LogP contribution in [0.15, 0.2) is 47.9 Å². The number of halogens is 1. The van der Waals surface area contributed by atoms with E-state index in [-0.39, 0.29) is 0 Å². The average molecular weight is 253 g/mol. The summed E-state index contributed by atoms with van der Waals surface area (Å²) in [6.45, 7) is 0. The Balaban J connectivity index is 2.12. The van der Waals surface area contributed by atoms with Gasteiger partial charge in [-0.1, -0.05) is 41.9 Å². The molecule has 0 N–H and O–H groups in total. The van der Waals surface area contributed by atoms with Crippen LogP contribution in [0.4, 0.5) is 0 Å². The van der Waals surface area contributed by atoms with Crippen molar-refractivity contribution >= 4 is 22.4 Å². The lowest BCUT2D eigenvalue weighted by Crippen LogP contribution is -2.01. The van der Waals surface area contributed by atoms with Crippen molar-refractivity contribution in [1.29, 1.82) is 0 Å². The zero-order valence-electron chi connectivity index (χ0n) is 8.34. The van der Waals surface area contributed by atoms with Crippen molar-refractivity contribution in [2.75, 3.05) is 0 Å². The summed E-state index contributed by atoms with van der Waals surface area (Å²) in [5, 5.41) is 0.758. The number of nitrogens with zero attached hydrogens (tertiary/aromatic N) is 2. The fourth-order valence-corrected chi connectivity index (χ4v) is 2.27. The van der Waals surface area contributed by atoms with Crippen LogP contribution in [0, 0.1) is 0 Å². The van der Waals surface area contributed by atoms with Gasteiger partial charge in [0.15, 0.2) is 0 Å². The molecule has 2 rings (SSSR count). The first kappa shape index (κ1) is 11.2. The molecule has 1 aromatic carbocycles. The van der Waals surface area contributed by atoms with Crippen LogP contribution in [0.3, 0.4) is 0 Å². The van der Waals surface area contributed by atoms with Gasteiger partial charge in [-0.3, -0.25) is 4.21 Å². The molecule has 0 spiro atoms. The Morgan fingerprint density at radius 2 is 1.75 bits per heavy atom. The van der Waals surface area contributed by atoms with Crippen LogP contribution in [-0.2, 0) is 16.6 Å². The summed E-state index contributed by atoms with van der Waals surface area (Å²) < 4.78 is 11.9. The van der Waals surface area contributed by atoms with Gasteiger partial charge in [0.1, 0.15) is 0 Å². The molecule has 0 bridgehead atoms. The van der Waals surface area contributed by atoms with Gasteiger partial charge in [0.2, 0.25) is 5.16 Å². The summed E-state index contributed by atoms with van der Waals surface area (Å²) in [4.78, 5) is 7.86. The summed E-state index contributed by atoms with van der Waals surface area (Å²) >= 11 is 5.65. The Hall–Kier alpha value is -1.26. The summed E-state index contributed by atoms with van der Waals surface area (Å²) in [6, 6.07) is 9.59. The number of aromatic nitrogens is 2. The van der Waals surface area contributed by atoms with Crippen LogP contribution in [0.25, 0.3) is 0 Å². The average Bonchev–Trinajstić information content (AvgIpc) is 2.31. The van der Waals surface area contributed by atoms with Crippen molar-refractivity contribution in [1.82, 2.24) is 9.97 Å². The second kappa shape index (κ2) is 5.18. The van der Waals surface area contributed by atoms with Crippen LogP contribution < -0.4 is 0 Å². The van der Waals surface area contributed by atoms with Gasteiger partial charge in [0, 0.05) is 0 Å². The molecule has 0 saturated heterocycles. The minimum Gasteiger partial charge on any atom is -0.251 e. The monoisotopic (exact) mass is 252 g/mol. The van der Waals surface area contributed by atoms with E-state index in [1.807, 2.05) is 30.3 Å². The smallest absolute Gasteiger partial charge is 0.218 e. The van der Waals surface area contributed by atoms with E-state index < -0.39 is 10.8 Å². The SMILES string of the molecule is O=S(Cc1ccccc1)c1ncc(Cl)cn1. The van der Waals surface area contributed by atoms with E-state index in [1.54, 1.807) is 0 Å². The molecule has 0 aliphatic heterocycles. The molecular weight excluding hydrogens is 244 g/mol. The molecule has 3 nitrogen and oxygen atoms in total. The predicted octanol–water partition coefficient (Wildman–Crippen LogP) is 2.44. The Kier molecular flexibility index (Phi) is 3.64. The molecule has 5 heteroatoms. The summed E-state index contributed by atoms with van der Waals surface area (Å²) in [5.41, 5.74) is 0.999. The Morgan fingerprint density at radius 3 is 2.38 bits per heavy atom. The van der Waals surface area contributed by atoms with Gasteiger partial charge in [0.05, 0.1) is 34.0 Å². The molecule has 1 unspecified atom stereocenters. The lowest BCUT2D eigenvalue weighted by molar-refractivity contribution is 0.675. The van der Waals surface area contributed by atoms with E-state index in [0.717, 1.165) is 5.56 Å². The zero-order valence-corrected chi connectivity index (χ0v) is 9.91. The first-order valence-electron chi connectivity index (χ1n) is 4.65. The van der Waals surface area contributed by atoms with Gasteiger partial charge < -0.3 is 0 Å². The molecule has 0 radical (unpaired) electrons. The van der Waals surface area contributed by atoms with Crippen molar-refractivity contribution in [2.24, 2.45) is 0 Å². The highest BCUT2D eigenvalue weighted by Crippen LogP contribution is 2.10. The highest BCUT2D eigenvalue weighted by Gasteiger charge is 2.07. The first-order chi connectivity index (χ1) is 7.75. The quantitative estimate of drug-likeness (QED) is 0.788. The van der Waals surface area contributed by atoms with Gasteiger partial charge in [-0.05, 0) is 5.56 Å². The van der Waals surface area contributed by atoms with Crippen molar-refractivity contribution in [3.8, 4) is 0 Å². The van der Waals surface area contributed by atoms with Gasteiger partial charge in [-0.25, -0.2) is 9.97 Å². The molecule has 0 amide bonds. The van der Waals surface area contributed by atoms with E-state index >= 15 is 0 Å². The van der Waals surface area contributed by atoms with Crippen LogP contribution in [0.2, 0.25) is 5.02 Å². The largest absolute Gasteiger partial charge is 0.251 e. The first-order valence-corrected chi connectivity index (χ1v) is 6.35. The second-order valence-electron chi connectivity index (χ2n) is 3.16. The maximum Gasteiger partial charge on any atom is 0.218 e. The van der Waals surface area contributed by atoms with Crippen LogP contribution in [-0.4, -0.2) is 14.2 Å². The highest BCUT2D eigenvalue weighted by molar-refractivity contribution is 7.84. The molecule has 0 fully saturated rings. The van der Waals surface area contributed by atoms with Crippen molar-refractivity contribution in [3.63, 3.8) is 0 Å². The maximum absolute atomic E-state index is 11.9. The maximum atomic E-state index is 11.9. The highest BCUT2D eigenvalue weighted by atomic mass is 35.5. The third-order valence-corrected chi connectivity index (χ3v) is 3.35. The molecule has 82 valence electrons. The van der Waals surface area contributed by atoms with Gasteiger partial charge in [0.25, 0.3) is 0 Å². The Labute approximate surface area is 101 Å². The fraction of sp³-hybridized carbons (Fsp3) is 0.0909. The van der Waals surface area contributed by atoms with Crippen LogP contribution in [0.5, 0.6) is 0 Å². The number of rotatable bonds is 3. The number of benzene rings is 1. The molecule has 0 aliphatic carbocycles. The fourth-order valence-electron chi connectivity index (χ4n) is 1.21. The Bertz CT molecular complexity index is 487. The summed E-state index contributed by atoms with van der Waals surface area (Å²) in [5.74, 6) is 0.419. The van der Waals surface area contributed by atoms with Gasteiger partial charge in [-0.15, -0.1) is 0 Å². The lowest BCUT2D eigenvalue weighted by Gasteiger charge is -2.00. The van der Waals surface area contributed by atoms with Crippen LogP contribution in [0.1, 0.15) is 5.56 Å². The molecule has 16 heavy (non-hydrogen) atoms. The van der Waals surface area contributed by atoms with Crippen LogP contribution >= 0.6 is 11.6 Å². The molecule has 1 aromatic heterocycles. The minimum atomic E-state index is -1.22. The molecular formula is C11H9ClN2OS. The lowest BCUT2D eigenvalue weighted by atomic mass is 10.2. The van der Waals surface area contributed by atoms with E-state index in [1.165, 1.54) is 12.4 Å². The summed E-state index contributed by atoms with van der Waals surface area (Å²) in [7, 11) is -1.22. The van der Waals surface area contributed by atoms with E-state index in [2.05, 4.69) is 9.97 Å². The molecule has 2 aromatic rings. The van der Waals surface area contributed by atoms with E-state index in [0.29, 0.717) is 15.9 Å². The van der Waals surface area contributed by atoms with Crippen molar-refractivity contribution in [2.45, 2.75) is 10.9 Å². The topological polar surface area (TPSA) is 42.9 Å². The molecule has 0 aliphatic rings. The second-order valence-corrected chi connectivity index (χ2v) is 4.94. The zero-order chi connectivity index (χ0) is 11.4. The number of hydrogen-bond acceptors (Lipinski definition) is 3. The third kappa shape index (κ3) is 2.87. The third-order valence-electron chi connectivity index (χ3n) is 1.94. The van der Waals surface area contributed by atoms with Crippen molar-refractivity contribution < 1.29 is 4.21 Å². The standard InChI is InChI=1S/C11H9ClN2OS/c12-10-6-13-11(14-7-10)16(15)8-9-4-2-1-3-5-9/h1-7H,8H2. The van der Waals surface area contributed by atoms with Gasteiger partial charge >= 0.3 is 0 Å². The molecule has 1 atom stereocenters. The predicted molar refractivity (Wildman–Crippen MR) is 63.6 cm³/mol. The van der Waals surface area contributed by atoms with Crippen molar-refractivity contribution in [3.05, 3.63) is 53.3 Å². The Morgan fingerprint density at radius 1 is 1.12 bits per heavy atom.